The third-order valence-electron chi connectivity index (χ3n) is 3.17. The summed E-state index contributed by atoms with van der Waals surface area (Å²) in [4.78, 5) is 33.1. The molecule has 0 fully saturated rings. The number of benzene rings is 1. The van der Waals surface area contributed by atoms with Gasteiger partial charge in [0, 0.05) is 24.9 Å². The minimum atomic E-state index is -4.96. The molecule has 0 unspecified atom stereocenters. The Morgan fingerprint density at radius 2 is 1.92 bits per heavy atom. The summed E-state index contributed by atoms with van der Waals surface area (Å²) < 4.78 is 39.7. The predicted octanol–water partition coefficient (Wildman–Crippen LogP) is 2.56. The summed E-state index contributed by atoms with van der Waals surface area (Å²) in [7, 11) is 1.33. The van der Waals surface area contributed by atoms with E-state index in [4.69, 9.17) is 0 Å². The number of nitrogens with one attached hydrogen (secondary N) is 1. The quantitative estimate of drug-likeness (QED) is 0.686. The van der Waals surface area contributed by atoms with Gasteiger partial charge in [-0.3, -0.25) is 19.7 Å². The van der Waals surface area contributed by atoms with E-state index in [9.17, 15) is 32.9 Å². The van der Waals surface area contributed by atoms with Gasteiger partial charge in [0.1, 0.15) is 11.3 Å². The van der Waals surface area contributed by atoms with Crippen LogP contribution in [-0.2, 0) is 13.2 Å². The number of aromatic nitrogens is 1. The van der Waals surface area contributed by atoms with Crippen molar-refractivity contribution in [3.63, 3.8) is 0 Å². The van der Waals surface area contributed by atoms with Crippen molar-refractivity contribution in [3.8, 4) is 0 Å². The first-order chi connectivity index (χ1) is 11.1. The Kier molecular flexibility index (Phi) is 4.40. The maximum atomic E-state index is 12.9. The molecule has 0 aliphatic carbocycles. The number of nitro groups is 1. The van der Waals surface area contributed by atoms with Crippen molar-refractivity contribution in [2.24, 2.45) is 7.05 Å². The van der Waals surface area contributed by atoms with Crippen molar-refractivity contribution in [1.82, 2.24) is 4.57 Å². The Morgan fingerprint density at radius 3 is 2.50 bits per heavy atom. The van der Waals surface area contributed by atoms with E-state index in [0.717, 1.165) is 10.6 Å². The average Bonchev–Trinajstić information content (AvgIpc) is 2.48. The van der Waals surface area contributed by atoms with Crippen molar-refractivity contribution >= 4 is 17.3 Å². The zero-order valence-electron chi connectivity index (χ0n) is 12.1. The van der Waals surface area contributed by atoms with Crippen molar-refractivity contribution < 1.29 is 22.9 Å². The summed E-state index contributed by atoms with van der Waals surface area (Å²) >= 11 is 0. The smallest absolute Gasteiger partial charge is 0.321 e. The van der Waals surface area contributed by atoms with E-state index in [1.807, 2.05) is 0 Å². The summed E-state index contributed by atoms with van der Waals surface area (Å²) in [6, 6.07) is 5.96. The van der Waals surface area contributed by atoms with E-state index in [-0.39, 0.29) is 11.4 Å². The number of hydrogen-bond donors (Lipinski definition) is 1. The molecule has 2 aromatic rings. The summed E-state index contributed by atoms with van der Waals surface area (Å²) in [6.07, 6.45) is -4.96. The highest BCUT2D eigenvalue weighted by Gasteiger charge is 2.38. The van der Waals surface area contributed by atoms with Gasteiger partial charge in [-0.1, -0.05) is 6.07 Å². The third-order valence-corrected chi connectivity index (χ3v) is 3.17. The Balaban J connectivity index is 2.40. The van der Waals surface area contributed by atoms with Gasteiger partial charge in [0.25, 0.3) is 17.2 Å². The fourth-order valence-electron chi connectivity index (χ4n) is 1.99. The maximum Gasteiger partial charge on any atom is 0.423 e. The van der Waals surface area contributed by atoms with Crippen LogP contribution in [0.1, 0.15) is 16.1 Å². The molecule has 1 N–H and O–H groups in total. The van der Waals surface area contributed by atoms with Crippen molar-refractivity contribution in [2.45, 2.75) is 6.18 Å². The lowest BCUT2D eigenvalue weighted by Crippen LogP contribution is -2.25. The molecule has 0 atom stereocenters. The van der Waals surface area contributed by atoms with Gasteiger partial charge >= 0.3 is 6.18 Å². The van der Waals surface area contributed by atoms with Gasteiger partial charge in [-0.15, -0.1) is 0 Å². The van der Waals surface area contributed by atoms with Crippen LogP contribution in [-0.4, -0.2) is 15.4 Å². The van der Waals surface area contributed by atoms with Gasteiger partial charge in [0.15, 0.2) is 0 Å². The van der Waals surface area contributed by atoms with Gasteiger partial charge < -0.3 is 9.88 Å². The van der Waals surface area contributed by atoms with Gasteiger partial charge in [0.05, 0.1) is 4.92 Å². The van der Waals surface area contributed by atoms with Gasteiger partial charge in [0.2, 0.25) is 0 Å². The number of rotatable bonds is 3. The lowest BCUT2D eigenvalue weighted by atomic mass is 10.1. The number of amides is 1. The molecule has 1 heterocycles. The monoisotopic (exact) mass is 341 g/mol. The molecule has 126 valence electrons. The number of nitrogens with zero attached hydrogens (tertiary/aromatic N) is 2. The molecule has 0 aliphatic heterocycles. The maximum absolute atomic E-state index is 12.9. The normalized spacial score (nSPS) is 11.2. The molecular formula is C14H10F3N3O4. The summed E-state index contributed by atoms with van der Waals surface area (Å²) in [5.41, 5.74) is -3.43. The molecule has 2 rings (SSSR count). The topological polar surface area (TPSA) is 94.2 Å². The van der Waals surface area contributed by atoms with E-state index >= 15 is 0 Å². The number of halogens is 3. The van der Waals surface area contributed by atoms with Crippen LogP contribution in [0.3, 0.4) is 0 Å². The van der Waals surface area contributed by atoms with E-state index in [0.29, 0.717) is 12.1 Å². The fourth-order valence-corrected chi connectivity index (χ4v) is 1.99. The summed E-state index contributed by atoms with van der Waals surface area (Å²) in [5, 5.41) is 12.9. The van der Waals surface area contributed by atoms with Crippen molar-refractivity contribution in [2.75, 3.05) is 5.32 Å². The largest absolute Gasteiger partial charge is 0.423 e. The average molecular weight is 341 g/mol. The number of carbonyl (C=O) groups is 1. The van der Waals surface area contributed by atoms with E-state index < -0.39 is 33.8 Å². The Bertz CT molecular complexity index is 874. The number of hydrogen-bond acceptors (Lipinski definition) is 4. The van der Waals surface area contributed by atoms with E-state index in [1.165, 1.54) is 25.2 Å². The standard InChI is InChI=1S/C14H10F3N3O4/c1-19-11(3-2-4-12(19)21)13(22)18-8-5-6-10(20(23)24)9(7-8)14(15,16)17/h2-7H,1H3,(H,18,22). The van der Waals surface area contributed by atoms with Crippen LogP contribution in [0.5, 0.6) is 0 Å². The number of nitro benzene ring substituents is 1. The van der Waals surface area contributed by atoms with Crippen molar-refractivity contribution in [1.29, 1.82) is 0 Å². The van der Waals surface area contributed by atoms with Gasteiger partial charge in [-0.05, 0) is 18.2 Å². The lowest BCUT2D eigenvalue weighted by molar-refractivity contribution is -0.388. The van der Waals surface area contributed by atoms with E-state index in [1.54, 1.807) is 0 Å². The highest BCUT2D eigenvalue weighted by molar-refractivity contribution is 6.03. The van der Waals surface area contributed by atoms with E-state index in [2.05, 4.69) is 5.32 Å². The Labute approximate surface area is 132 Å². The van der Waals surface area contributed by atoms with Crippen LogP contribution in [0, 0.1) is 10.1 Å². The van der Waals surface area contributed by atoms with Crippen LogP contribution in [0.25, 0.3) is 0 Å². The zero-order chi connectivity index (χ0) is 18.1. The molecule has 0 saturated heterocycles. The third kappa shape index (κ3) is 3.42. The zero-order valence-corrected chi connectivity index (χ0v) is 12.1. The predicted molar refractivity (Wildman–Crippen MR) is 77.7 cm³/mol. The number of anilines is 1. The SMILES string of the molecule is Cn1c(C(=O)Nc2ccc([N+](=O)[O-])c(C(F)(F)F)c2)cccc1=O. The number of pyridine rings is 1. The van der Waals surface area contributed by atoms with Gasteiger partial charge in [-0.2, -0.15) is 13.2 Å². The Hall–Kier alpha value is -3.17. The molecule has 10 heteroatoms. The molecule has 0 aliphatic rings. The van der Waals surface area contributed by atoms with Crippen LogP contribution in [0.4, 0.5) is 24.5 Å². The molecule has 0 spiro atoms. The molecule has 24 heavy (non-hydrogen) atoms. The molecule has 0 bridgehead atoms. The summed E-state index contributed by atoms with van der Waals surface area (Å²) in [6.45, 7) is 0. The second-order valence-electron chi connectivity index (χ2n) is 4.75. The molecule has 7 nitrogen and oxygen atoms in total. The molecular weight excluding hydrogens is 331 g/mol. The van der Waals surface area contributed by atoms with Crippen molar-refractivity contribution in [3.05, 3.63) is 68.1 Å². The molecule has 1 aromatic carbocycles. The number of alkyl halides is 3. The first-order valence-electron chi connectivity index (χ1n) is 6.44. The van der Waals surface area contributed by atoms with Crippen LogP contribution < -0.4 is 10.9 Å². The van der Waals surface area contributed by atoms with Gasteiger partial charge in [-0.25, -0.2) is 0 Å². The molecule has 0 saturated carbocycles. The minimum Gasteiger partial charge on any atom is -0.321 e. The molecule has 1 amide bonds. The Morgan fingerprint density at radius 1 is 1.25 bits per heavy atom. The second kappa shape index (κ2) is 6.14. The number of carbonyl (C=O) groups excluding carboxylic acids is 1. The first kappa shape index (κ1) is 17.2. The highest BCUT2D eigenvalue weighted by Crippen LogP contribution is 2.37. The lowest BCUT2D eigenvalue weighted by Gasteiger charge is -2.11. The highest BCUT2D eigenvalue weighted by atomic mass is 19.4. The van der Waals surface area contributed by atoms with Crippen LogP contribution in [0.2, 0.25) is 0 Å². The van der Waals surface area contributed by atoms with Crippen LogP contribution >= 0.6 is 0 Å². The summed E-state index contributed by atoms with van der Waals surface area (Å²) in [5.74, 6) is -0.822. The second-order valence-corrected chi connectivity index (χ2v) is 4.75. The molecule has 1 aromatic heterocycles. The van der Waals surface area contributed by atoms with Crippen LogP contribution in [0.15, 0.2) is 41.2 Å². The minimum absolute atomic E-state index is 0.0746. The fraction of sp³-hybridized carbons (Fsp3) is 0.143. The first-order valence-corrected chi connectivity index (χ1v) is 6.44. The molecule has 0 radical (unpaired) electrons.